The van der Waals surface area contributed by atoms with Crippen molar-refractivity contribution in [2.45, 2.75) is 5.92 Å². The number of nitrogens with zero attached hydrogens (tertiary/aromatic N) is 4. The first kappa shape index (κ1) is 16.1. The molecule has 3 aromatic heterocycles. The van der Waals surface area contributed by atoms with Gasteiger partial charge in [-0.1, -0.05) is 18.2 Å². The molecule has 0 radical (unpaired) electrons. The van der Waals surface area contributed by atoms with Crippen LogP contribution in [-0.4, -0.2) is 31.9 Å². The molecule has 0 saturated heterocycles. The van der Waals surface area contributed by atoms with E-state index in [0.29, 0.717) is 5.69 Å². The zero-order chi connectivity index (χ0) is 18.0. The minimum atomic E-state index is -3.10. The van der Waals surface area contributed by atoms with Gasteiger partial charge in [-0.3, -0.25) is 10.1 Å². The SMILES string of the molecule is FC(F)(CNc1ccc(-c2ccc3cn[nH]c3c2)nn1)c1ccccn1. The first-order valence-electron chi connectivity index (χ1n) is 7.92. The average Bonchev–Trinajstić information content (AvgIpc) is 3.15. The lowest BCUT2D eigenvalue weighted by molar-refractivity contribution is 0.00590. The molecule has 0 aliphatic rings. The third-order valence-corrected chi connectivity index (χ3v) is 3.93. The Morgan fingerprint density at radius 1 is 1.04 bits per heavy atom. The fourth-order valence-electron chi connectivity index (χ4n) is 2.55. The molecular formula is C18H14F2N6. The highest BCUT2D eigenvalue weighted by Crippen LogP contribution is 2.26. The van der Waals surface area contributed by atoms with E-state index in [1.807, 2.05) is 18.2 Å². The van der Waals surface area contributed by atoms with Gasteiger partial charge >= 0.3 is 5.92 Å². The lowest BCUT2D eigenvalue weighted by Gasteiger charge is -2.16. The maximum atomic E-state index is 14.1. The Morgan fingerprint density at radius 2 is 1.96 bits per heavy atom. The molecule has 0 aliphatic carbocycles. The van der Waals surface area contributed by atoms with Gasteiger partial charge in [0, 0.05) is 17.1 Å². The van der Waals surface area contributed by atoms with Crippen molar-refractivity contribution in [1.29, 1.82) is 0 Å². The molecule has 1 aromatic carbocycles. The highest BCUT2D eigenvalue weighted by atomic mass is 19.3. The molecule has 2 N–H and O–H groups in total. The Hall–Kier alpha value is -3.42. The summed E-state index contributed by atoms with van der Waals surface area (Å²) in [6, 6.07) is 13.5. The molecule has 3 heterocycles. The minimum absolute atomic E-state index is 0.270. The highest BCUT2D eigenvalue weighted by molar-refractivity contribution is 5.83. The number of alkyl halides is 2. The molecule has 0 aliphatic heterocycles. The van der Waals surface area contributed by atoms with Crippen LogP contribution in [0.1, 0.15) is 5.69 Å². The highest BCUT2D eigenvalue weighted by Gasteiger charge is 2.32. The van der Waals surface area contributed by atoms with Gasteiger partial charge < -0.3 is 5.32 Å². The van der Waals surface area contributed by atoms with Gasteiger partial charge in [0.1, 0.15) is 11.5 Å². The van der Waals surface area contributed by atoms with Crippen LogP contribution in [0.5, 0.6) is 0 Å². The van der Waals surface area contributed by atoms with Gasteiger partial charge in [0.25, 0.3) is 0 Å². The van der Waals surface area contributed by atoms with Gasteiger partial charge in [-0.25, -0.2) is 0 Å². The van der Waals surface area contributed by atoms with Crippen molar-refractivity contribution in [1.82, 2.24) is 25.4 Å². The summed E-state index contributed by atoms with van der Waals surface area (Å²) < 4.78 is 28.2. The van der Waals surface area contributed by atoms with E-state index in [4.69, 9.17) is 0 Å². The van der Waals surface area contributed by atoms with Crippen LogP contribution < -0.4 is 5.32 Å². The summed E-state index contributed by atoms with van der Waals surface area (Å²) in [6.45, 7) is -0.613. The largest absolute Gasteiger partial charge is 0.362 e. The quantitative estimate of drug-likeness (QED) is 0.573. The number of aromatic amines is 1. The van der Waals surface area contributed by atoms with Crippen LogP contribution in [0.15, 0.2) is 60.9 Å². The average molecular weight is 352 g/mol. The van der Waals surface area contributed by atoms with Crippen molar-refractivity contribution in [3.8, 4) is 11.3 Å². The van der Waals surface area contributed by atoms with E-state index in [1.54, 1.807) is 24.4 Å². The van der Waals surface area contributed by atoms with Gasteiger partial charge in [-0.15, -0.1) is 10.2 Å². The lowest BCUT2D eigenvalue weighted by Crippen LogP contribution is -2.26. The predicted molar refractivity (Wildman–Crippen MR) is 93.7 cm³/mol. The Balaban J connectivity index is 1.47. The summed E-state index contributed by atoms with van der Waals surface area (Å²) >= 11 is 0. The number of fused-ring (bicyclic) bond motifs is 1. The molecule has 0 saturated carbocycles. The number of hydrogen-bond acceptors (Lipinski definition) is 5. The number of halogens is 2. The second kappa shape index (κ2) is 6.47. The van der Waals surface area contributed by atoms with Crippen LogP contribution in [0.25, 0.3) is 22.2 Å². The van der Waals surface area contributed by atoms with Crippen LogP contribution in [0.4, 0.5) is 14.6 Å². The summed E-state index contributed by atoms with van der Waals surface area (Å²) in [5.74, 6) is -2.83. The van der Waals surface area contributed by atoms with Gasteiger partial charge in [-0.2, -0.15) is 13.9 Å². The van der Waals surface area contributed by atoms with E-state index in [-0.39, 0.29) is 11.5 Å². The molecule has 0 bridgehead atoms. The standard InChI is InChI=1S/C18H14F2N6/c19-18(20,16-3-1-2-8-21-16)11-22-17-7-6-14(25-26-17)12-4-5-13-10-23-24-15(13)9-12/h1-10H,11H2,(H,22,26)(H,23,24). The Bertz CT molecular complexity index is 1010. The topological polar surface area (TPSA) is 79.4 Å². The van der Waals surface area contributed by atoms with E-state index >= 15 is 0 Å². The summed E-state index contributed by atoms with van der Waals surface area (Å²) in [7, 11) is 0. The van der Waals surface area contributed by atoms with Crippen LogP contribution in [0, 0.1) is 0 Å². The van der Waals surface area contributed by atoms with Crippen molar-refractivity contribution in [3.05, 3.63) is 66.6 Å². The number of benzene rings is 1. The Morgan fingerprint density at radius 3 is 2.73 bits per heavy atom. The van der Waals surface area contributed by atoms with E-state index in [0.717, 1.165) is 16.5 Å². The number of pyridine rings is 1. The van der Waals surface area contributed by atoms with E-state index < -0.39 is 12.5 Å². The monoisotopic (exact) mass is 352 g/mol. The minimum Gasteiger partial charge on any atom is -0.362 e. The fourth-order valence-corrected chi connectivity index (χ4v) is 2.55. The van der Waals surface area contributed by atoms with Crippen LogP contribution in [0.3, 0.4) is 0 Å². The summed E-state index contributed by atoms with van der Waals surface area (Å²) in [5, 5.41) is 18.6. The van der Waals surface area contributed by atoms with E-state index in [1.165, 1.54) is 18.3 Å². The van der Waals surface area contributed by atoms with Crippen molar-refractivity contribution < 1.29 is 8.78 Å². The number of nitrogens with one attached hydrogen (secondary N) is 2. The van der Waals surface area contributed by atoms with Gasteiger partial charge in [0.05, 0.1) is 24.0 Å². The maximum absolute atomic E-state index is 14.1. The van der Waals surface area contributed by atoms with Gasteiger partial charge in [-0.05, 0) is 30.3 Å². The summed E-state index contributed by atoms with van der Waals surface area (Å²) in [4.78, 5) is 3.70. The first-order chi connectivity index (χ1) is 12.6. The van der Waals surface area contributed by atoms with E-state index in [9.17, 15) is 8.78 Å². The fraction of sp³-hybridized carbons (Fsp3) is 0.111. The lowest BCUT2D eigenvalue weighted by atomic mass is 10.1. The van der Waals surface area contributed by atoms with Crippen LogP contribution in [-0.2, 0) is 5.92 Å². The van der Waals surface area contributed by atoms with Crippen molar-refractivity contribution in [2.24, 2.45) is 0 Å². The Kier molecular flexibility index (Phi) is 4.00. The number of rotatable bonds is 5. The van der Waals surface area contributed by atoms with Crippen LogP contribution in [0.2, 0.25) is 0 Å². The molecular weight excluding hydrogens is 338 g/mol. The number of aromatic nitrogens is 5. The molecule has 130 valence electrons. The molecule has 0 fully saturated rings. The van der Waals surface area contributed by atoms with Crippen molar-refractivity contribution in [2.75, 3.05) is 11.9 Å². The van der Waals surface area contributed by atoms with Crippen molar-refractivity contribution >= 4 is 16.7 Å². The van der Waals surface area contributed by atoms with Crippen molar-refractivity contribution in [3.63, 3.8) is 0 Å². The number of hydrogen-bond donors (Lipinski definition) is 2. The third kappa shape index (κ3) is 3.21. The smallest absolute Gasteiger partial charge is 0.306 e. The second-order valence-corrected chi connectivity index (χ2v) is 5.75. The predicted octanol–water partition coefficient (Wildman–Crippen LogP) is 3.62. The maximum Gasteiger partial charge on any atom is 0.306 e. The van der Waals surface area contributed by atoms with Gasteiger partial charge in [0.15, 0.2) is 0 Å². The molecule has 6 nitrogen and oxygen atoms in total. The molecule has 4 aromatic rings. The molecule has 0 unspecified atom stereocenters. The summed E-state index contributed by atoms with van der Waals surface area (Å²) in [5.41, 5.74) is 2.11. The third-order valence-electron chi connectivity index (χ3n) is 3.93. The number of anilines is 1. The molecule has 8 heteroatoms. The molecule has 26 heavy (non-hydrogen) atoms. The first-order valence-corrected chi connectivity index (χ1v) is 7.92. The second-order valence-electron chi connectivity index (χ2n) is 5.75. The number of H-pyrrole nitrogens is 1. The molecule has 4 rings (SSSR count). The normalized spacial score (nSPS) is 11.6. The molecule has 0 amide bonds. The zero-order valence-electron chi connectivity index (χ0n) is 13.5. The molecule has 0 spiro atoms. The Labute approximate surface area is 147 Å². The molecule has 0 atom stereocenters. The summed E-state index contributed by atoms with van der Waals surface area (Å²) in [6.07, 6.45) is 3.08. The van der Waals surface area contributed by atoms with E-state index in [2.05, 4.69) is 30.7 Å². The van der Waals surface area contributed by atoms with Gasteiger partial charge in [0.2, 0.25) is 0 Å². The van der Waals surface area contributed by atoms with Crippen LogP contribution >= 0.6 is 0 Å². The zero-order valence-corrected chi connectivity index (χ0v) is 13.5.